The van der Waals surface area contributed by atoms with E-state index >= 15 is 0 Å². The molecule has 162 valence electrons. The third kappa shape index (κ3) is 3.92. The molecule has 2 aromatic rings. The lowest BCUT2D eigenvalue weighted by Crippen LogP contribution is -2.52. The summed E-state index contributed by atoms with van der Waals surface area (Å²) < 4.78 is 11.6. The van der Waals surface area contributed by atoms with Crippen molar-refractivity contribution in [2.75, 3.05) is 32.8 Å². The predicted octanol–water partition coefficient (Wildman–Crippen LogP) is 2.63. The molecule has 6 heteroatoms. The van der Waals surface area contributed by atoms with E-state index in [-0.39, 0.29) is 17.9 Å². The van der Waals surface area contributed by atoms with Crippen molar-refractivity contribution in [1.29, 1.82) is 0 Å². The van der Waals surface area contributed by atoms with Crippen LogP contribution in [0.15, 0.2) is 60.7 Å². The first-order valence-electron chi connectivity index (χ1n) is 11.1. The standard InChI is InChI=1S/C25H28N2O4/c28-23(26-13-15-30-16-14-26)22-17-21(31-20-9-5-2-6-10-20)18-27(22)24(29)25(11-12-25)19-7-3-1-4-8-19/h1-10,21-22H,11-18H2/t21-,22-/m0/s1. The van der Waals surface area contributed by atoms with E-state index in [0.717, 1.165) is 24.2 Å². The first-order chi connectivity index (χ1) is 15.2. The van der Waals surface area contributed by atoms with Crippen molar-refractivity contribution in [2.24, 2.45) is 0 Å². The summed E-state index contributed by atoms with van der Waals surface area (Å²) in [5.74, 6) is 0.840. The Labute approximate surface area is 182 Å². The van der Waals surface area contributed by atoms with Crippen molar-refractivity contribution in [3.8, 4) is 5.75 Å². The number of benzene rings is 2. The Morgan fingerprint density at radius 2 is 1.58 bits per heavy atom. The maximum Gasteiger partial charge on any atom is 0.245 e. The van der Waals surface area contributed by atoms with Gasteiger partial charge >= 0.3 is 0 Å². The molecule has 0 bridgehead atoms. The van der Waals surface area contributed by atoms with Gasteiger partial charge in [-0.05, 0) is 30.5 Å². The number of para-hydroxylation sites is 1. The average molecular weight is 421 g/mol. The molecule has 0 aromatic heterocycles. The minimum absolute atomic E-state index is 0.0136. The Morgan fingerprint density at radius 1 is 0.935 bits per heavy atom. The Kier molecular flexibility index (Phi) is 5.40. The largest absolute Gasteiger partial charge is 0.488 e. The zero-order valence-corrected chi connectivity index (χ0v) is 17.6. The first kappa shape index (κ1) is 20.1. The maximum absolute atomic E-state index is 13.8. The van der Waals surface area contributed by atoms with Crippen LogP contribution in [0.4, 0.5) is 0 Å². The molecule has 0 spiro atoms. The maximum atomic E-state index is 13.8. The van der Waals surface area contributed by atoms with E-state index in [1.165, 1.54) is 0 Å². The van der Waals surface area contributed by atoms with Gasteiger partial charge in [-0.3, -0.25) is 9.59 Å². The van der Waals surface area contributed by atoms with Gasteiger partial charge in [0.1, 0.15) is 17.9 Å². The highest BCUT2D eigenvalue weighted by Crippen LogP contribution is 2.50. The lowest BCUT2D eigenvalue weighted by atomic mass is 9.94. The van der Waals surface area contributed by atoms with Gasteiger partial charge in [0.05, 0.1) is 25.2 Å². The summed E-state index contributed by atoms with van der Waals surface area (Å²) in [5.41, 5.74) is 0.553. The van der Waals surface area contributed by atoms with Gasteiger partial charge < -0.3 is 19.3 Å². The van der Waals surface area contributed by atoms with Gasteiger partial charge in [0.2, 0.25) is 11.8 Å². The van der Waals surface area contributed by atoms with E-state index in [2.05, 4.69) is 0 Å². The van der Waals surface area contributed by atoms with Crippen molar-refractivity contribution >= 4 is 11.8 Å². The summed E-state index contributed by atoms with van der Waals surface area (Å²) in [4.78, 5) is 30.9. The summed E-state index contributed by atoms with van der Waals surface area (Å²) in [5, 5.41) is 0. The van der Waals surface area contributed by atoms with Gasteiger partial charge in [-0.2, -0.15) is 0 Å². The number of morpholine rings is 1. The van der Waals surface area contributed by atoms with Crippen LogP contribution in [0.1, 0.15) is 24.8 Å². The quantitative estimate of drug-likeness (QED) is 0.746. The number of hydrogen-bond donors (Lipinski definition) is 0. The predicted molar refractivity (Wildman–Crippen MR) is 116 cm³/mol. The zero-order valence-electron chi connectivity index (χ0n) is 17.6. The number of likely N-dealkylation sites (tertiary alicyclic amines) is 1. The summed E-state index contributed by atoms with van der Waals surface area (Å²) in [6.07, 6.45) is 1.97. The molecule has 5 rings (SSSR count). The van der Waals surface area contributed by atoms with E-state index in [9.17, 15) is 9.59 Å². The Bertz CT molecular complexity index is 923. The molecule has 3 aliphatic rings. The van der Waals surface area contributed by atoms with Crippen molar-refractivity contribution < 1.29 is 19.1 Å². The lowest BCUT2D eigenvalue weighted by Gasteiger charge is -2.33. The molecule has 2 aromatic carbocycles. The summed E-state index contributed by atoms with van der Waals surface area (Å²) in [6.45, 7) is 2.68. The lowest BCUT2D eigenvalue weighted by molar-refractivity contribution is -0.147. The van der Waals surface area contributed by atoms with E-state index in [1.807, 2.05) is 65.6 Å². The number of ether oxygens (including phenoxy) is 2. The third-order valence-corrected chi connectivity index (χ3v) is 6.66. The molecule has 6 nitrogen and oxygen atoms in total. The SMILES string of the molecule is O=C([C@@H]1C[C@H](Oc2ccccc2)CN1C(=O)C1(c2ccccc2)CC1)N1CCOCC1. The van der Waals surface area contributed by atoms with Crippen molar-refractivity contribution in [3.63, 3.8) is 0 Å². The third-order valence-electron chi connectivity index (χ3n) is 6.66. The number of carbonyl (C=O) groups excluding carboxylic acids is 2. The van der Waals surface area contributed by atoms with Crippen LogP contribution in [-0.2, 0) is 19.7 Å². The molecule has 3 fully saturated rings. The minimum atomic E-state index is -0.494. The molecule has 2 heterocycles. The molecule has 0 unspecified atom stereocenters. The minimum Gasteiger partial charge on any atom is -0.488 e. The van der Waals surface area contributed by atoms with Gasteiger partial charge in [-0.25, -0.2) is 0 Å². The number of carbonyl (C=O) groups is 2. The van der Waals surface area contributed by atoms with Crippen LogP contribution < -0.4 is 4.74 Å². The fourth-order valence-corrected chi connectivity index (χ4v) is 4.81. The van der Waals surface area contributed by atoms with Crippen molar-refractivity contribution in [1.82, 2.24) is 9.80 Å². The van der Waals surface area contributed by atoms with E-state index in [1.54, 1.807) is 4.90 Å². The topological polar surface area (TPSA) is 59.1 Å². The van der Waals surface area contributed by atoms with E-state index < -0.39 is 11.5 Å². The molecular formula is C25H28N2O4. The van der Waals surface area contributed by atoms with Crippen molar-refractivity contribution in [3.05, 3.63) is 66.2 Å². The highest BCUT2D eigenvalue weighted by Gasteiger charge is 2.56. The number of hydrogen-bond acceptors (Lipinski definition) is 4. The molecule has 2 atom stereocenters. The van der Waals surface area contributed by atoms with Crippen LogP contribution in [-0.4, -0.2) is 66.6 Å². The highest BCUT2D eigenvalue weighted by molar-refractivity contribution is 5.95. The van der Waals surface area contributed by atoms with Crippen LogP contribution in [0.3, 0.4) is 0 Å². The Morgan fingerprint density at radius 3 is 2.23 bits per heavy atom. The fourth-order valence-electron chi connectivity index (χ4n) is 4.81. The normalized spacial score (nSPS) is 24.6. The van der Waals surface area contributed by atoms with Gasteiger partial charge in [-0.1, -0.05) is 48.5 Å². The second-order valence-electron chi connectivity index (χ2n) is 8.65. The molecule has 0 radical (unpaired) electrons. The average Bonchev–Trinajstić information content (AvgIpc) is 3.54. The number of nitrogens with zero attached hydrogens (tertiary/aromatic N) is 2. The highest BCUT2D eigenvalue weighted by atomic mass is 16.5. The zero-order chi connectivity index (χ0) is 21.3. The van der Waals surface area contributed by atoms with Crippen molar-refractivity contribution in [2.45, 2.75) is 36.8 Å². The second-order valence-corrected chi connectivity index (χ2v) is 8.65. The molecule has 2 saturated heterocycles. The van der Waals surface area contributed by atoms with Crippen LogP contribution in [0.25, 0.3) is 0 Å². The Hall–Kier alpha value is -2.86. The van der Waals surface area contributed by atoms with Crippen LogP contribution in [0.2, 0.25) is 0 Å². The molecule has 2 amide bonds. The van der Waals surface area contributed by atoms with Crippen LogP contribution >= 0.6 is 0 Å². The number of rotatable bonds is 5. The van der Waals surface area contributed by atoms with E-state index in [4.69, 9.17) is 9.47 Å². The molecule has 0 N–H and O–H groups in total. The molecule has 31 heavy (non-hydrogen) atoms. The van der Waals surface area contributed by atoms with Gasteiger partial charge in [-0.15, -0.1) is 0 Å². The summed E-state index contributed by atoms with van der Waals surface area (Å²) in [6, 6.07) is 19.1. The fraction of sp³-hybridized carbons (Fsp3) is 0.440. The van der Waals surface area contributed by atoms with Crippen LogP contribution in [0.5, 0.6) is 5.75 Å². The molecule has 1 aliphatic carbocycles. The van der Waals surface area contributed by atoms with Gasteiger partial charge in [0.15, 0.2) is 0 Å². The summed E-state index contributed by atoms with van der Waals surface area (Å²) in [7, 11) is 0. The Balaban J connectivity index is 1.39. The second kappa shape index (κ2) is 8.35. The van der Waals surface area contributed by atoms with Crippen LogP contribution in [0, 0.1) is 0 Å². The van der Waals surface area contributed by atoms with E-state index in [0.29, 0.717) is 39.3 Å². The first-order valence-corrected chi connectivity index (χ1v) is 11.1. The smallest absolute Gasteiger partial charge is 0.245 e. The number of amides is 2. The van der Waals surface area contributed by atoms with Gasteiger partial charge in [0, 0.05) is 19.5 Å². The molecular weight excluding hydrogens is 392 g/mol. The summed E-state index contributed by atoms with van der Waals surface area (Å²) >= 11 is 0. The molecule has 2 aliphatic heterocycles. The van der Waals surface area contributed by atoms with Gasteiger partial charge in [0.25, 0.3) is 0 Å². The monoisotopic (exact) mass is 420 g/mol. The molecule has 1 saturated carbocycles.